The third-order valence-corrected chi connectivity index (χ3v) is 7.74. The fraction of sp³-hybridized carbons (Fsp3) is 0.718. The number of rotatable bonds is 31. The maximum absolute atomic E-state index is 12.6. The molecule has 0 saturated heterocycles. The molecule has 0 aliphatic carbocycles. The number of carboxylic acids is 1. The second-order valence-corrected chi connectivity index (χ2v) is 13.1. The summed E-state index contributed by atoms with van der Waals surface area (Å²) in [5, 5.41) is 11.5. The molecule has 2 unspecified atom stereocenters. The average molecular weight is 662 g/mol. The largest absolute Gasteiger partial charge is 0.544 e. The summed E-state index contributed by atoms with van der Waals surface area (Å²) >= 11 is 0. The molecule has 0 spiro atoms. The van der Waals surface area contributed by atoms with Crippen LogP contribution in [0.1, 0.15) is 129 Å². The van der Waals surface area contributed by atoms with Gasteiger partial charge in [-0.15, -0.1) is 0 Å². The lowest BCUT2D eigenvalue weighted by Crippen LogP contribution is -2.55. The monoisotopic (exact) mass is 661 g/mol. The first kappa shape index (κ1) is 44.3. The molecular formula is C39H67NO7. The number of nitrogens with zero attached hydrogens (tertiary/aromatic N) is 1. The van der Waals surface area contributed by atoms with E-state index >= 15 is 0 Å². The van der Waals surface area contributed by atoms with Crippen molar-refractivity contribution in [1.82, 2.24) is 0 Å². The summed E-state index contributed by atoms with van der Waals surface area (Å²) in [7, 11) is 5.36. The minimum absolute atomic E-state index is 0.0121. The standard InChI is InChI=1S/C39H67NO7/c1-6-8-10-12-14-16-18-19-20-22-24-26-28-30-38(42)47-35(33-45-32-31-36(39(43)44)40(3,4)5)34-46-37(41)29-27-25-23-21-17-15-13-11-9-7-2/h8,10,14,16,19-20,24,26,35-36H,6-7,9,11-13,15,17-18,21-23,25,27-34H2,1-5H3/b10-8-,16-14-,20-19-,26-24-. The van der Waals surface area contributed by atoms with E-state index in [2.05, 4.69) is 50.3 Å². The fourth-order valence-corrected chi connectivity index (χ4v) is 4.91. The van der Waals surface area contributed by atoms with Crippen LogP contribution in [-0.2, 0) is 28.6 Å². The van der Waals surface area contributed by atoms with Crippen LogP contribution in [0.25, 0.3) is 0 Å². The second kappa shape index (κ2) is 30.6. The van der Waals surface area contributed by atoms with E-state index in [1.165, 1.54) is 44.9 Å². The van der Waals surface area contributed by atoms with Gasteiger partial charge in [-0.05, 0) is 38.5 Å². The number of quaternary nitrogens is 1. The summed E-state index contributed by atoms with van der Waals surface area (Å²) in [6.45, 7) is 4.42. The third kappa shape index (κ3) is 29.2. The second-order valence-electron chi connectivity index (χ2n) is 13.1. The van der Waals surface area contributed by atoms with Crippen LogP contribution in [0.15, 0.2) is 48.6 Å². The number of esters is 2. The molecule has 2 atom stereocenters. The van der Waals surface area contributed by atoms with Crippen molar-refractivity contribution in [3.05, 3.63) is 48.6 Å². The Hall–Kier alpha value is -2.71. The summed E-state index contributed by atoms with van der Waals surface area (Å²) < 4.78 is 16.9. The SMILES string of the molecule is CC/C=C\C/C=C\C/C=C\C/C=C\CCC(=O)OC(COCCC(C(=O)[O-])[N+](C)(C)C)COC(=O)CCCCCCCCCCCC. The van der Waals surface area contributed by atoms with Gasteiger partial charge in [-0.3, -0.25) is 9.59 Å². The lowest BCUT2D eigenvalue weighted by atomic mass is 10.1. The van der Waals surface area contributed by atoms with Gasteiger partial charge >= 0.3 is 11.9 Å². The molecule has 0 fully saturated rings. The molecule has 0 aliphatic heterocycles. The Morgan fingerprint density at radius 2 is 1.19 bits per heavy atom. The molecule has 0 radical (unpaired) electrons. The Bertz CT molecular complexity index is 917. The predicted molar refractivity (Wildman–Crippen MR) is 189 cm³/mol. The Morgan fingerprint density at radius 3 is 1.72 bits per heavy atom. The lowest BCUT2D eigenvalue weighted by Gasteiger charge is -2.34. The van der Waals surface area contributed by atoms with E-state index in [0.29, 0.717) is 12.8 Å². The van der Waals surface area contributed by atoms with Gasteiger partial charge < -0.3 is 28.6 Å². The van der Waals surface area contributed by atoms with Gasteiger partial charge in [-0.1, -0.05) is 120 Å². The first-order valence-corrected chi connectivity index (χ1v) is 18.2. The lowest BCUT2D eigenvalue weighted by molar-refractivity contribution is -0.889. The van der Waals surface area contributed by atoms with Crippen LogP contribution in [0.4, 0.5) is 0 Å². The van der Waals surface area contributed by atoms with Crippen LogP contribution in [0, 0.1) is 0 Å². The number of hydrogen-bond donors (Lipinski definition) is 0. The molecule has 0 bridgehead atoms. The van der Waals surface area contributed by atoms with E-state index in [4.69, 9.17) is 14.2 Å². The van der Waals surface area contributed by atoms with Gasteiger partial charge in [0, 0.05) is 19.3 Å². The molecule has 0 N–H and O–H groups in total. The van der Waals surface area contributed by atoms with Crippen molar-refractivity contribution in [1.29, 1.82) is 0 Å². The molecule has 0 heterocycles. The Balaban J connectivity index is 4.58. The van der Waals surface area contributed by atoms with Gasteiger partial charge in [0.1, 0.15) is 12.6 Å². The Labute approximate surface area is 286 Å². The Morgan fingerprint density at radius 1 is 0.660 bits per heavy atom. The molecule has 47 heavy (non-hydrogen) atoms. The van der Waals surface area contributed by atoms with E-state index in [0.717, 1.165) is 44.9 Å². The molecule has 0 aliphatic rings. The minimum Gasteiger partial charge on any atom is -0.544 e. The normalized spacial score (nSPS) is 13.6. The van der Waals surface area contributed by atoms with Crippen molar-refractivity contribution in [3.63, 3.8) is 0 Å². The highest BCUT2D eigenvalue weighted by molar-refractivity contribution is 5.70. The number of unbranched alkanes of at least 4 members (excludes halogenated alkanes) is 9. The average Bonchev–Trinajstić information content (AvgIpc) is 3.01. The fourth-order valence-electron chi connectivity index (χ4n) is 4.91. The summed E-state index contributed by atoms with van der Waals surface area (Å²) in [6.07, 6.45) is 33.0. The van der Waals surface area contributed by atoms with E-state index in [1.807, 2.05) is 12.2 Å². The molecule has 8 heteroatoms. The molecule has 270 valence electrons. The quantitative estimate of drug-likeness (QED) is 0.0327. The summed E-state index contributed by atoms with van der Waals surface area (Å²) in [5.41, 5.74) is 0. The molecule has 0 rings (SSSR count). The molecular weight excluding hydrogens is 594 g/mol. The van der Waals surface area contributed by atoms with Crippen molar-refractivity contribution >= 4 is 17.9 Å². The first-order valence-electron chi connectivity index (χ1n) is 18.2. The van der Waals surface area contributed by atoms with E-state index in [-0.39, 0.29) is 43.1 Å². The van der Waals surface area contributed by atoms with Crippen LogP contribution >= 0.6 is 0 Å². The van der Waals surface area contributed by atoms with Crippen molar-refractivity contribution in [2.24, 2.45) is 0 Å². The number of aliphatic carboxylic acids is 1. The van der Waals surface area contributed by atoms with Crippen molar-refractivity contribution in [2.45, 2.75) is 142 Å². The summed E-state index contributed by atoms with van der Waals surface area (Å²) in [4.78, 5) is 36.5. The molecule has 8 nitrogen and oxygen atoms in total. The number of likely N-dealkylation sites (N-methyl/N-ethyl adjacent to an activating group) is 1. The van der Waals surface area contributed by atoms with Gasteiger partial charge in [0.25, 0.3) is 0 Å². The summed E-state index contributed by atoms with van der Waals surface area (Å²) in [6, 6.07) is -0.735. The molecule has 0 aromatic carbocycles. The molecule has 0 amide bonds. The van der Waals surface area contributed by atoms with Gasteiger partial charge in [0.2, 0.25) is 0 Å². The Kier molecular flexibility index (Phi) is 28.8. The van der Waals surface area contributed by atoms with Crippen LogP contribution < -0.4 is 5.11 Å². The number of carbonyl (C=O) groups excluding carboxylic acids is 3. The van der Waals surface area contributed by atoms with E-state index in [1.54, 1.807) is 21.1 Å². The zero-order valence-corrected chi connectivity index (χ0v) is 30.4. The third-order valence-electron chi connectivity index (χ3n) is 7.74. The van der Waals surface area contributed by atoms with Crippen LogP contribution in [-0.4, -0.2) is 75.5 Å². The highest BCUT2D eigenvalue weighted by atomic mass is 16.6. The minimum atomic E-state index is -1.14. The van der Waals surface area contributed by atoms with Crippen molar-refractivity contribution in [2.75, 3.05) is 41.0 Å². The number of carbonyl (C=O) groups is 3. The zero-order chi connectivity index (χ0) is 35.0. The molecule has 0 saturated carbocycles. The van der Waals surface area contributed by atoms with Gasteiger partial charge in [-0.25, -0.2) is 0 Å². The molecule has 0 aromatic rings. The number of allylic oxidation sites excluding steroid dienone is 8. The smallest absolute Gasteiger partial charge is 0.306 e. The van der Waals surface area contributed by atoms with Crippen LogP contribution in [0.3, 0.4) is 0 Å². The first-order chi connectivity index (χ1) is 22.6. The van der Waals surface area contributed by atoms with Crippen LogP contribution in [0.2, 0.25) is 0 Å². The highest BCUT2D eigenvalue weighted by Crippen LogP contribution is 2.12. The predicted octanol–water partition coefficient (Wildman–Crippen LogP) is 7.57. The number of ether oxygens (including phenoxy) is 3. The highest BCUT2D eigenvalue weighted by Gasteiger charge is 2.25. The van der Waals surface area contributed by atoms with E-state index in [9.17, 15) is 19.5 Å². The maximum Gasteiger partial charge on any atom is 0.306 e. The number of hydrogen-bond acceptors (Lipinski definition) is 7. The van der Waals surface area contributed by atoms with E-state index < -0.39 is 24.1 Å². The van der Waals surface area contributed by atoms with Crippen molar-refractivity contribution in [3.8, 4) is 0 Å². The van der Waals surface area contributed by atoms with Gasteiger partial charge in [0.05, 0.1) is 40.3 Å². The number of carboxylic acid groups (broad SMARTS) is 1. The van der Waals surface area contributed by atoms with Crippen LogP contribution in [0.5, 0.6) is 0 Å². The van der Waals surface area contributed by atoms with Crippen molar-refractivity contribution < 1.29 is 38.2 Å². The molecule has 0 aromatic heterocycles. The maximum atomic E-state index is 12.6. The van der Waals surface area contributed by atoms with Gasteiger partial charge in [0.15, 0.2) is 6.10 Å². The zero-order valence-electron chi connectivity index (χ0n) is 30.4. The summed E-state index contributed by atoms with van der Waals surface area (Å²) in [5.74, 6) is -1.85. The van der Waals surface area contributed by atoms with Gasteiger partial charge in [-0.2, -0.15) is 0 Å². The topological polar surface area (TPSA) is 102 Å².